The number of likely N-dealkylation sites (N-methyl/N-ethyl adjacent to an activating group) is 1. The minimum atomic E-state index is -0.653. The molecule has 1 aliphatic heterocycles. The van der Waals surface area contributed by atoms with Gasteiger partial charge in [0.2, 0.25) is 0 Å². The summed E-state index contributed by atoms with van der Waals surface area (Å²) in [7, 11) is 2.12. The predicted octanol–water partition coefficient (Wildman–Crippen LogP) is 3.49. The second kappa shape index (κ2) is 7.20. The van der Waals surface area contributed by atoms with Gasteiger partial charge in [-0.15, -0.1) is 0 Å². The van der Waals surface area contributed by atoms with E-state index in [9.17, 15) is 9.90 Å². The SMILES string of the molecule is CC(O)C(C)OC(=O)[C@@H]1C[C@@H]2c3cccc4c3c(cn4C(C)C)C[C@H]2N(C)C1. The van der Waals surface area contributed by atoms with Crippen LogP contribution in [0.5, 0.6) is 0 Å². The number of likely N-dealkylation sites (tertiary alicyclic amines) is 1. The Hall–Kier alpha value is -1.85. The molecule has 1 N–H and O–H groups in total. The van der Waals surface area contributed by atoms with E-state index in [1.54, 1.807) is 13.8 Å². The number of nitrogens with zero attached hydrogens (tertiary/aromatic N) is 2. The molecule has 2 unspecified atom stereocenters. The molecule has 2 heterocycles. The van der Waals surface area contributed by atoms with Crippen LogP contribution >= 0.6 is 0 Å². The van der Waals surface area contributed by atoms with Crippen molar-refractivity contribution in [3.63, 3.8) is 0 Å². The van der Waals surface area contributed by atoms with E-state index in [4.69, 9.17) is 4.74 Å². The number of hydrogen-bond acceptors (Lipinski definition) is 4. The molecule has 4 rings (SSSR count). The number of piperidine rings is 1. The number of benzene rings is 1. The average molecular weight is 385 g/mol. The van der Waals surface area contributed by atoms with E-state index in [2.05, 4.69) is 54.8 Å². The molecule has 0 spiro atoms. The van der Waals surface area contributed by atoms with Crippen LogP contribution in [0, 0.1) is 5.92 Å². The van der Waals surface area contributed by atoms with Crippen molar-refractivity contribution in [2.75, 3.05) is 13.6 Å². The van der Waals surface area contributed by atoms with Crippen LogP contribution in [0.15, 0.2) is 24.4 Å². The summed E-state index contributed by atoms with van der Waals surface area (Å²) in [5, 5.41) is 11.1. The fourth-order valence-corrected chi connectivity index (χ4v) is 5.05. The molecule has 5 heteroatoms. The maximum atomic E-state index is 12.8. The fourth-order valence-electron chi connectivity index (χ4n) is 5.05. The zero-order valence-corrected chi connectivity index (χ0v) is 17.6. The van der Waals surface area contributed by atoms with Crippen molar-refractivity contribution in [1.82, 2.24) is 9.47 Å². The molecule has 0 amide bonds. The molecule has 28 heavy (non-hydrogen) atoms. The van der Waals surface area contributed by atoms with Crippen molar-refractivity contribution in [3.05, 3.63) is 35.5 Å². The minimum Gasteiger partial charge on any atom is -0.460 e. The zero-order chi connectivity index (χ0) is 20.2. The van der Waals surface area contributed by atoms with Crippen LogP contribution in [-0.4, -0.2) is 52.4 Å². The monoisotopic (exact) mass is 384 g/mol. The summed E-state index contributed by atoms with van der Waals surface area (Å²) in [6.45, 7) is 8.57. The summed E-state index contributed by atoms with van der Waals surface area (Å²) in [6, 6.07) is 7.45. The number of fused-ring (bicyclic) bond motifs is 2. The Morgan fingerprint density at radius 2 is 2.00 bits per heavy atom. The van der Waals surface area contributed by atoms with E-state index < -0.39 is 12.2 Å². The molecular formula is C23H32N2O3. The first-order valence-electron chi connectivity index (χ1n) is 10.5. The van der Waals surface area contributed by atoms with Crippen LogP contribution in [0.4, 0.5) is 0 Å². The molecule has 1 fully saturated rings. The second-order valence-corrected chi connectivity index (χ2v) is 9.03. The molecule has 0 radical (unpaired) electrons. The lowest BCUT2D eigenvalue weighted by Gasteiger charge is -2.45. The smallest absolute Gasteiger partial charge is 0.310 e. The lowest BCUT2D eigenvalue weighted by molar-refractivity contribution is -0.160. The Bertz CT molecular complexity index is 885. The number of hydrogen-bond donors (Lipinski definition) is 1. The largest absolute Gasteiger partial charge is 0.460 e. The van der Waals surface area contributed by atoms with Crippen LogP contribution in [0.1, 0.15) is 57.2 Å². The Morgan fingerprint density at radius 3 is 2.68 bits per heavy atom. The molecule has 2 aliphatic rings. The lowest BCUT2D eigenvalue weighted by Crippen LogP contribution is -2.50. The van der Waals surface area contributed by atoms with Crippen LogP contribution in [0.2, 0.25) is 0 Å². The Balaban J connectivity index is 1.67. The molecular weight excluding hydrogens is 352 g/mol. The molecule has 5 nitrogen and oxygen atoms in total. The molecule has 0 saturated carbocycles. The highest BCUT2D eigenvalue weighted by Gasteiger charge is 2.42. The maximum Gasteiger partial charge on any atom is 0.310 e. The van der Waals surface area contributed by atoms with Gasteiger partial charge in [0.1, 0.15) is 6.10 Å². The Labute approximate surface area is 167 Å². The average Bonchev–Trinajstić information content (AvgIpc) is 3.02. The summed E-state index contributed by atoms with van der Waals surface area (Å²) in [5.74, 6) is -0.00904. The number of ether oxygens (including phenoxy) is 1. The number of aliphatic hydroxyl groups excluding tert-OH is 1. The van der Waals surface area contributed by atoms with Gasteiger partial charge in [-0.2, -0.15) is 0 Å². The molecule has 152 valence electrons. The zero-order valence-electron chi connectivity index (χ0n) is 17.6. The van der Waals surface area contributed by atoms with E-state index in [0.717, 1.165) is 12.8 Å². The topological polar surface area (TPSA) is 54.7 Å². The van der Waals surface area contributed by atoms with Gasteiger partial charge in [0, 0.05) is 41.6 Å². The maximum absolute atomic E-state index is 12.8. The van der Waals surface area contributed by atoms with Gasteiger partial charge in [-0.3, -0.25) is 4.79 Å². The Kier molecular flexibility index (Phi) is 5.00. The summed E-state index contributed by atoms with van der Waals surface area (Å²) in [5.41, 5.74) is 4.10. The first-order chi connectivity index (χ1) is 13.3. The van der Waals surface area contributed by atoms with E-state index >= 15 is 0 Å². The highest BCUT2D eigenvalue weighted by Crippen LogP contribution is 2.45. The summed E-state index contributed by atoms with van der Waals surface area (Å²) in [4.78, 5) is 15.1. The molecule has 1 saturated heterocycles. The number of rotatable bonds is 4. The van der Waals surface area contributed by atoms with Crippen molar-refractivity contribution in [3.8, 4) is 0 Å². The minimum absolute atomic E-state index is 0.156. The first-order valence-corrected chi connectivity index (χ1v) is 10.5. The number of carbonyl (C=O) groups is 1. The van der Waals surface area contributed by atoms with Gasteiger partial charge in [0.15, 0.2) is 0 Å². The third-order valence-corrected chi connectivity index (χ3v) is 6.75. The third kappa shape index (κ3) is 3.15. The van der Waals surface area contributed by atoms with Crippen molar-refractivity contribution in [2.45, 2.75) is 70.7 Å². The van der Waals surface area contributed by atoms with E-state index in [0.29, 0.717) is 24.5 Å². The lowest BCUT2D eigenvalue weighted by atomic mass is 9.72. The van der Waals surface area contributed by atoms with Crippen LogP contribution < -0.4 is 0 Å². The quantitative estimate of drug-likeness (QED) is 0.820. The fraction of sp³-hybridized carbons (Fsp3) is 0.609. The van der Waals surface area contributed by atoms with Crippen molar-refractivity contribution < 1.29 is 14.6 Å². The number of carbonyl (C=O) groups excluding carboxylic acids is 1. The Morgan fingerprint density at radius 1 is 1.25 bits per heavy atom. The molecule has 1 aromatic heterocycles. The van der Waals surface area contributed by atoms with Crippen molar-refractivity contribution in [2.24, 2.45) is 5.92 Å². The standard InChI is InChI=1S/C23H32N2O3/c1-13(2)25-12-16-10-21-19(18-7-6-8-20(25)22(16)18)9-17(11-24(21)5)23(27)28-15(4)14(3)26/h6-8,12-15,17,19,21,26H,9-11H2,1-5H3/t14?,15?,17-,19-,21-/m1/s1. The number of aromatic nitrogens is 1. The molecule has 1 aromatic carbocycles. The van der Waals surface area contributed by atoms with E-state index in [1.807, 2.05) is 0 Å². The normalized spacial score (nSPS) is 26.9. The van der Waals surface area contributed by atoms with Crippen LogP contribution in [-0.2, 0) is 16.0 Å². The first kappa shape index (κ1) is 19.5. The van der Waals surface area contributed by atoms with E-state index in [1.165, 1.54) is 22.0 Å². The summed E-state index contributed by atoms with van der Waals surface area (Å²) in [6.07, 6.45) is 3.04. The number of esters is 1. The van der Waals surface area contributed by atoms with Crippen molar-refractivity contribution >= 4 is 16.9 Å². The van der Waals surface area contributed by atoms with Gasteiger partial charge >= 0.3 is 5.97 Å². The van der Waals surface area contributed by atoms with Gasteiger partial charge in [-0.25, -0.2) is 0 Å². The van der Waals surface area contributed by atoms with Gasteiger partial charge in [-0.1, -0.05) is 12.1 Å². The predicted molar refractivity (Wildman–Crippen MR) is 111 cm³/mol. The van der Waals surface area contributed by atoms with Crippen molar-refractivity contribution in [1.29, 1.82) is 0 Å². The summed E-state index contributed by atoms with van der Waals surface area (Å²) >= 11 is 0. The van der Waals surface area contributed by atoms with Crippen LogP contribution in [0.3, 0.4) is 0 Å². The molecule has 1 aliphatic carbocycles. The van der Waals surface area contributed by atoms with Gasteiger partial charge in [0.25, 0.3) is 0 Å². The molecule has 0 bridgehead atoms. The highest BCUT2D eigenvalue weighted by atomic mass is 16.6. The highest BCUT2D eigenvalue weighted by molar-refractivity contribution is 5.89. The molecule has 5 atom stereocenters. The third-order valence-electron chi connectivity index (χ3n) is 6.75. The van der Waals surface area contributed by atoms with Crippen LogP contribution in [0.25, 0.3) is 10.9 Å². The number of aliphatic hydroxyl groups is 1. The van der Waals surface area contributed by atoms with Gasteiger partial charge < -0.3 is 19.3 Å². The molecule has 2 aromatic rings. The second-order valence-electron chi connectivity index (χ2n) is 9.03. The van der Waals surface area contributed by atoms with E-state index in [-0.39, 0.29) is 11.9 Å². The van der Waals surface area contributed by atoms with Gasteiger partial charge in [-0.05, 0) is 64.8 Å². The summed E-state index contributed by atoms with van der Waals surface area (Å²) < 4.78 is 7.91. The van der Waals surface area contributed by atoms with Gasteiger partial charge in [0.05, 0.1) is 12.0 Å².